The fraction of sp³-hybridized carbons (Fsp3) is 0.778. The fourth-order valence-electron chi connectivity index (χ4n) is 0.816. The molecule has 2 heteroatoms. The first-order valence-corrected chi connectivity index (χ1v) is 5.15. The van der Waals surface area contributed by atoms with Crippen molar-refractivity contribution in [1.82, 2.24) is 0 Å². The number of unbranched alkanes of at least 4 members (excludes halogenated alkanes) is 2. The van der Waals surface area contributed by atoms with Crippen molar-refractivity contribution in [1.29, 1.82) is 0 Å². The average molecular weight is 219 g/mol. The first-order valence-electron chi connectivity index (χ1n) is 4.03. The van der Waals surface area contributed by atoms with Gasteiger partial charge in [0.15, 0.2) is 0 Å². The smallest absolute Gasteiger partial charge is 0.114 e. The minimum absolute atomic E-state index is 0.418. The van der Waals surface area contributed by atoms with Crippen LogP contribution in [0.1, 0.15) is 32.6 Å². The zero-order chi connectivity index (χ0) is 8.53. The monoisotopic (exact) mass is 218 g/mol. The second kappa shape index (κ2) is 8.10. The molecule has 0 aliphatic carbocycles. The molecule has 0 aromatic rings. The second-order valence-electron chi connectivity index (χ2n) is 2.47. The van der Waals surface area contributed by atoms with Gasteiger partial charge in [0.05, 0.1) is 5.33 Å². The number of hydrogen-bond acceptors (Lipinski definition) is 1. The number of aliphatic hydroxyl groups is 1. The van der Waals surface area contributed by atoms with E-state index in [9.17, 15) is 5.11 Å². The standard InChI is InChI=1S/C9H15BrO/c1-2-3-4-6-9(11)7-5-8-10/h9,11H,2-4,6,8H2,1H3. The van der Waals surface area contributed by atoms with Gasteiger partial charge < -0.3 is 5.11 Å². The molecule has 1 N–H and O–H groups in total. The maximum atomic E-state index is 9.21. The summed E-state index contributed by atoms with van der Waals surface area (Å²) in [4.78, 5) is 0. The van der Waals surface area contributed by atoms with Crippen molar-refractivity contribution in [2.75, 3.05) is 5.33 Å². The molecule has 0 fully saturated rings. The van der Waals surface area contributed by atoms with Crippen LogP contribution in [-0.2, 0) is 0 Å². The van der Waals surface area contributed by atoms with E-state index in [1.807, 2.05) is 0 Å². The Bertz CT molecular complexity index is 134. The molecule has 11 heavy (non-hydrogen) atoms. The van der Waals surface area contributed by atoms with Gasteiger partial charge in [-0.05, 0) is 12.8 Å². The first kappa shape index (κ1) is 11.0. The normalized spacial score (nSPS) is 11.9. The van der Waals surface area contributed by atoms with E-state index in [1.165, 1.54) is 12.8 Å². The van der Waals surface area contributed by atoms with Crippen LogP contribution in [-0.4, -0.2) is 16.5 Å². The van der Waals surface area contributed by atoms with E-state index in [-0.39, 0.29) is 0 Å². The van der Waals surface area contributed by atoms with Gasteiger partial charge in [0, 0.05) is 0 Å². The van der Waals surface area contributed by atoms with E-state index < -0.39 is 6.10 Å². The molecule has 1 nitrogen and oxygen atoms in total. The summed E-state index contributed by atoms with van der Waals surface area (Å²) in [6, 6.07) is 0. The van der Waals surface area contributed by atoms with Gasteiger partial charge in [0.25, 0.3) is 0 Å². The van der Waals surface area contributed by atoms with Gasteiger partial charge in [-0.15, -0.1) is 0 Å². The maximum Gasteiger partial charge on any atom is 0.114 e. The minimum atomic E-state index is -0.418. The first-order chi connectivity index (χ1) is 5.31. The number of halogens is 1. The third kappa shape index (κ3) is 7.90. The summed E-state index contributed by atoms with van der Waals surface area (Å²) in [6.07, 6.45) is 3.85. The molecule has 0 aliphatic heterocycles. The van der Waals surface area contributed by atoms with Gasteiger partial charge >= 0.3 is 0 Å². The van der Waals surface area contributed by atoms with Crippen LogP contribution in [0.3, 0.4) is 0 Å². The summed E-state index contributed by atoms with van der Waals surface area (Å²) in [6.45, 7) is 2.15. The molecule has 0 bridgehead atoms. The van der Waals surface area contributed by atoms with Crippen LogP contribution in [0.15, 0.2) is 0 Å². The Balaban J connectivity index is 3.29. The molecule has 0 amide bonds. The van der Waals surface area contributed by atoms with Crippen molar-refractivity contribution in [3.8, 4) is 11.8 Å². The Morgan fingerprint density at radius 3 is 2.73 bits per heavy atom. The Morgan fingerprint density at radius 1 is 1.45 bits per heavy atom. The van der Waals surface area contributed by atoms with E-state index in [2.05, 4.69) is 34.7 Å². The van der Waals surface area contributed by atoms with Crippen molar-refractivity contribution >= 4 is 15.9 Å². The van der Waals surface area contributed by atoms with E-state index in [0.717, 1.165) is 12.8 Å². The van der Waals surface area contributed by atoms with Crippen LogP contribution in [0.4, 0.5) is 0 Å². The quantitative estimate of drug-likeness (QED) is 0.437. The van der Waals surface area contributed by atoms with Gasteiger partial charge in [-0.25, -0.2) is 0 Å². The Morgan fingerprint density at radius 2 is 2.18 bits per heavy atom. The van der Waals surface area contributed by atoms with E-state index in [0.29, 0.717) is 5.33 Å². The largest absolute Gasteiger partial charge is 0.380 e. The van der Waals surface area contributed by atoms with Gasteiger partial charge in [-0.1, -0.05) is 47.5 Å². The van der Waals surface area contributed by atoms with E-state index in [1.54, 1.807) is 0 Å². The minimum Gasteiger partial charge on any atom is -0.380 e. The van der Waals surface area contributed by atoms with Crippen LogP contribution in [0.5, 0.6) is 0 Å². The number of aliphatic hydroxyl groups excluding tert-OH is 1. The lowest BCUT2D eigenvalue weighted by Gasteiger charge is -2.00. The molecule has 0 aliphatic rings. The SMILES string of the molecule is CCCCCC(O)C#CCBr. The van der Waals surface area contributed by atoms with Crippen LogP contribution >= 0.6 is 15.9 Å². The number of hydrogen-bond donors (Lipinski definition) is 1. The number of alkyl halides is 1. The van der Waals surface area contributed by atoms with Crippen LogP contribution < -0.4 is 0 Å². The van der Waals surface area contributed by atoms with Crippen molar-refractivity contribution in [3.05, 3.63) is 0 Å². The molecule has 0 saturated carbocycles. The highest BCUT2D eigenvalue weighted by molar-refractivity contribution is 9.09. The summed E-state index contributed by atoms with van der Waals surface area (Å²) in [5.41, 5.74) is 0. The van der Waals surface area contributed by atoms with Crippen LogP contribution in [0.25, 0.3) is 0 Å². The molecule has 64 valence electrons. The third-order valence-corrected chi connectivity index (χ3v) is 1.70. The van der Waals surface area contributed by atoms with Crippen molar-refractivity contribution in [3.63, 3.8) is 0 Å². The zero-order valence-corrected chi connectivity index (χ0v) is 8.52. The maximum absolute atomic E-state index is 9.21. The van der Waals surface area contributed by atoms with Crippen LogP contribution in [0.2, 0.25) is 0 Å². The third-order valence-electron chi connectivity index (χ3n) is 1.42. The predicted molar refractivity (Wildman–Crippen MR) is 51.7 cm³/mol. The molecule has 0 aromatic carbocycles. The van der Waals surface area contributed by atoms with E-state index in [4.69, 9.17) is 0 Å². The zero-order valence-electron chi connectivity index (χ0n) is 6.94. The highest BCUT2D eigenvalue weighted by atomic mass is 79.9. The van der Waals surface area contributed by atoms with Gasteiger partial charge in [-0.3, -0.25) is 0 Å². The lowest BCUT2D eigenvalue weighted by Crippen LogP contribution is -2.01. The molecule has 0 rings (SSSR count). The highest BCUT2D eigenvalue weighted by Gasteiger charge is 1.96. The molecule has 1 unspecified atom stereocenters. The summed E-state index contributed by atoms with van der Waals surface area (Å²) in [5.74, 6) is 5.54. The molecular weight excluding hydrogens is 204 g/mol. The second-order valence-corrected chi connectivity index (χ2v) is 3.03. The lowest BCUT2D eigenvalue weighted by atomic mass is 10.1. The molecule has 0 aromatic heterocycles. The Labute approximate surface area is 77.3 Å². The Hall–Kier alpha value is 0. The van der Waals surface area contributed by atoms with Gasteiger partial charge in [-0.2, -0.15) is 0 Å². The summed E-state index contributed by atoms with van der Waals surface area (Å²) < 4.78 is 0. The molecule has 0 radical (unpaired) electrons. The molecule has 0 spiro atoms. The van der Waals surface area contributed by atoms with Crippen molar-refractivity contribution in [2.45, 2.75) is 38.7 Å². The summed E-state index contributed by atoms with van der Waals surface area (Å²) >= 11 is 3.17. The predicted octanol–water partition coefficient (Wildman–Crippen LogP) is 2.33. The van der Waals surface area contributed by atoms with Crippen molar-refractivity contribution in [2.24, 2.45) is 0 Å². The summed E-state index contributed by atoms with van der Waals surface area (Å²) in [7, 11) is 0. The van der Waals surface area contributed by atoms with Crippen LogP contribution in [0, 0.1) is 11.8 Å². The van der Waals surface area contributed by atoms with Gasteiger partial charge in [0.2, 0.25) is 0 Å². The average Bonchev–Trinajstić information content (AvgIpc) is 2.01. The Kier molecular flexibility index (Phi) is 8.10. The lowest BCUT2D eigenvalue weighted by molar-refractivity contribution is 0.217. The molecule has 1 atom stereocenters. The molecule has 0 heterocycles. The number of rotatable bonds is 4. The van der Waals surface area contributed by atoms with Gasteiger partial charge in [0.1, 0.15) is 6.10 Å². The molecular formula is C9H15BrO. The summed E-state index contributed by atoms with van der Waals surface area (Å²) in [5, 5.41) is 9.86. The van der Waals surface area contributed by atoms with Crippen molar-refractivity contribution < 1.29 is 5.11 Å². The van der Waals surface area contributed by atoms with E-state index >= 15 is 0 Å². The topological polar surface area (TPSA) is 20.2 Å². The molecule has 0 saturated heterocycles. The highest BCUT2D eigenvalue weighted by Crippen LogP contribution is 2.01. The fourth-order valence-corrected chi connectivity index (χ4v) is 0.978.